The average molecular weight is 762 g/mol. The Morgan fingerprint density at radius 1 is 1.02 bits per heavy atom. The second-order valence-electron chi connectivity index (χ2n) is 14.9. The number of thioether (sulfide) groups is 1. The third-order valence-corrected chi connectivity index (χ3v) is 13.7. The van der Waals surface area contributed by atoms with Crippen molar-refractivity contribution >= 4 is 23.7 Å². The highest BCUT2D eigenvalue weighted by atomic mass is 32.2. The van der Waals surface area contributed by atoms with Crippen molar-refractivity contribution in [1.82, 2.24) is 15.1 Å². The highest BCUT2D eigenvalue weighted by Crippen LogP contribution is 2.64. The number of fused-ring (bicyclic) bond motifs is 9. The quantitative estimate of drug-likeness (QED) is 0.226. The van der Waals surface area contributed by atoms with Gasteiger partial charge in [-0.3, -0.25) is 19.9 Å². The van der Waals surface area contributed by atoms with Crippen LogP contribution in [0.15, 0.2) is 18.2 Å². The fourth-order valence-electron chi connectivity index (χ4n) is 10.00. The Labute approximate surface area is 316 Å². The molecule has 7 atom stereocenters. The minimum atomic E-state index is -1.36. The predicted octanol–water partition coefficient (Wildman–Crippen LogP) is 3.41. The van der Waals surface area contributed by atoms with Crippen LogP contribution in [0.4, 0.5) is 0 Å². The van der Waals surface area contributed by atoms with Gasteiger partial charge in [-0.15, -0.1) is 11.8 Å². The molecule has 54 heavy (non-hydrogen) atoms. The zero-order valence-electron chi connectivity index (χ0n) is 30.8. The molecular formula is C39H43N3O11S. The summed E-state index contributed by atoms with van der Waals surface area (Å²) in [6.07, 6.45) is -0.0282. The molecule has 286 valence electrons. The number of phenols is 2. The van der Waals surface area contributed by atoms with Gasteiger partial charge in [-0.05, 0) is 68.1 Å². The van der Waals surface area contributed by atoms with Crippen LogP contribution in [0.1, 0.15) is 68.8 Å². The molecule has 7 aliphatic heterocycles. The summed E-state index contributed by atoms with van der Waals surface area (Å²) in [4.78, 5) is 31.7. The van der Waals surface area contributed by atoms with Crippen LogP contribution in [-0.4, -0.2) is 102 Å². The average Bonchev–Trinajstić information content (AvgIpc) is 3.63. The highest BCUT2D eigenvalue weighted by Gasteiger charge is 2.61. The van der Waals surface area contributed by atoms with E-state index >= 15 is 0 Å². The van der Waals surface area contributed by atoms with E-state index in [4.69, 9.17) is 28.4 Å². The molecule has 2 unspecified atom stereocenters. The van der Waals surface area contributed by atoms with Gasteiger partial charge in [0.15, 0.2) is 40.0 Å². The molecular weight excluding hydrogens is 719 g/mol. The SMILES string of the molecule is COc1cc2c(cc1O)CCN[C@]21CS[C@@H]2c3c(OC(C)=O)c(C)c4c(c3C(COC1=O)N1[C@@H]2[C@H]2c3c(cc(C)c(OC)c3O)CC([C@@H]1O)N2C)OCO4. The van der Waals surface area contributed by atoms with Gasteiger partial charge in [0, 0.05) is 47.5 Å². The van der Waals surface area contributed by atoms with Crippen LogP contribution < -0.4 is 29.0 Å². The molecule has 0 aliphatic carbocycles. The lowest BCUT2D eigenvalue weighted by Gasteiger charge is -2.62. The molecule has 2 saturated heterocycles. The van der Waals surface area contributed by atoms with E-state index in [1.54, 1.807) is 12.1 Å². The number of ether oxygens (including phenoxy) is 6. The molecule has 3 aromatic carbocycles. The van der Waals surface area contributed by atoms with Gasteiger partial charge in [0.25, 0.3) is 0 Å². The molecule has 15 heteroatoms. The number of aliphatic hydroxyl groups is 1. The van der Waals surface area contributed by atoms with Crippen LogP contribution in [0.25, 0.3) is 0 Å². The first kappa shape index (κ1) is 35.3. The lowest BCUT2D eigenvalue weighted by Crippen LogP contribution is -2.70. The maximum absolute atomic E-state index is 14.7. The van der Waals surface area contributed by atoms with E-state index in [1.807, 2.05) is 31.9 Å². The minimum absolute atomic E-state index is 0.0226. The number of piperazine rings is 1. The third kappa shape index (κ3) is 4.74. The number of rotatable bonds is 3. The monoisotopic (exact) mass is 761 g/mol. The van der Waals surface area contributed by atoms with Crippen molar-refractivity contribution in [1.29, 1.82) is 0 Å². The van der Waals surface area contributed by atoms with E-state index in [9.17, 15) is 24.9 Å². The van der Waals surface area contributed by atoms with Gasteiger partial charge in [-0.1, -0.05) is 6.07 Å². The fourth-order valence-corrected chi connectivity index (χ4v) is 11.7. The van der Waals surface area contributed by atoms with Crippen LogP contribution in [-0.2, 0) is 32.7 Å². The lowest BCUT2D eigenvalue weighted by atomic mass is 9.73. The summed E-state index contributed by atoms with van der Waals surface area (Å²) in [7, 11) is 4.96. The van der Waals surface area contributed by atoms with Gasteiger partial charge in [-0.2, -0.15) is 0 Å². The maximum atomic E-state index is 14.7. The number of hydrogen-bond acceptors (Lipinski definition) is 15. The number of methoxy groups -OCH3 is 2. The summed E-state index contributed by atoms with van der Waals surface area (Å²) in [5.41, 5.74) is 4.36. The molecule has 0 aromatic heterocycles. The first-order valence-corrected chi connectivity index (χ1v) is 19.1. The number of aryl methyl sites for hydroxylation is 1. The van der Waals surface area contributed by atoms with Crippen molar-refractivity contribution in [3.8, 4) is 40.2 Å². The Hall–Kier alpha value is -4.41. The molecule has 14 nitrogen and oxygen atoms in total. The normalized spacial score (nSPS) is 29.4. The zero-order valence-corrected chi connectivity index (χ0v) is 31.7. The molecule has 0 radical (unpaired) electrons. The second kappa shape index (κ2) is 12.6. The Kier molecular flexibility index (Phi) is 8.21. The molecule has 3 aromatic rings. The minimum Gasteiger partial charge on any atom is -0.504 e. The Morgan fingerprint density at radius 3 is 2.54 bits per heavy atom. The summed E-state index contributed by atoms with van der Waals surface area (Å²) in [5.74, 6) is 0.949. The summed E-state index contributed by atoms with van der Waals surface area (Å²) in [6, 6.07) is 3.13. The first-order valence-electron chi connectivity index (χ1n) is 18.1. The van der Waals surface area contributed by atoms with Gasteiger partial charge in [-0.25, -0.2) is 4.79 Å². The van der Waals surface area contributed by atoms with E-state index in [2.05, 4.69) is 10.2 Å². The molecule has 2 fully saturated rings. The number of benzene rings is 3. The standard InChI is InChI=1S/C39H43N3O11S/c1-16-9-20-10-22-37(46)42-23-13-50-38(47)39(21-12-25(48-5)24(44)11-19(21)7-8-40-39)14-54-36(30(42)29(41(22)4)26(20)31(45)32(16)49-6)28-27(23)35-34(51-15-52-35)17(2)33(28)53-18(3)43/h9,11-12,22-23,29-30,36-37,40,44-46H,7-8,10,13-15H2,1-6H3/t22?,23?,29-,30-,36-,37+,39-/m1/s1. The maximum Gasteiger partial charge on any atom is 0.331 e. The van der Waals surface area contributed by atoms with Crippen molar-refractivity contribution in [3.63, 3.8) is 0 Å². The summed E-state index contributed by atoms with van der Waals surface area (Å²) in [6.45, 7) is 5.26. The van der Waals surface area contributed by atoms with E-state index in [0.717, 1.165) is 16.7 Å². The van der Waals surface area contributed by atoms with Gasteiger partial charge in [0.05, 0.1) is 37.6 Å². The molecule has 4 bridgehead atoms. The molecule has 7 aliphatic rings. The van der Waals surface area contributed by atoms with Crippen molar-refractivity contribution in [2.45, 2.75) is 74.8 Å². The number of carbonyl (C=O) groups is 2. The molecule has 0 amide bonds. The number of hydrogen-bond donors (Lipinski definition) is 4. The Morgan fingerprint density at radius 2 is 1.80 bits per heavy atom. The number of aliphatic hydroxyl groups excluding tert-OH is 1. The molecule has 7 heterocycles. The van der Waals surface area contributed by atoms with E-state index in [-0.39, 0.29) is 42.4 Å². The van der Waals surface area contributed by atoms with Crippen molar-refractivity contribution in [2.24, 2.45) is 0 Å². The van der Waals surface area contributed by atoms with Crippen LogP contribution >= 0.6 is 11.8 Å². The molecule has 1 spiro atoms. The van der Waals surface area contributed by atoms with Crippen LogP contribution in [0.3, 0.4) is 0 Å². The molecule has 0 saturated carbocycles. The predicted molar refractivity (Wildman–Crippen MR) is 195 cm³/mol. The van der Waals surface area contributed by atoms with E-state index < -0.39 is 47.1 Å². The number of aromatic hydroxyl groups is 2. The smallest absolute Gasteiger partial charge is 0.331 e. The number of carbonyl (C=O) groups excluding carboxylic acids is 2. The Balaban J connectivity index is 1.32. The second-order valence-corrected chi connectivity index (χ2v) is 16.1. The van der Waals surface area contributed by atoms with Crippen molar-refractivity contribution in [2.75, 3.05) is 47.0 Å². The van der Waals surface area contributed by atoms with Gasteiger partial charge in [0.1, 0.15) is 18.6 Å². The van der Waals surface area contributed by atoms with Gasteiger partial charge in [0.2, 0.25) is 6.79 Å². The fraction of sp³-hybridized carbons (Fsp3) is 0.487. The molecule has 10 rings (SSSR count). The highest BCUT2D eigenvalue weighted by molar-refractivity contribution is 7.99. The topological polar surface area (TPSA) is 169 Å². The number of nitrogens with zero attached hydrogens (tertiary/aromatic N) is 2. The van der Waals surface area contributed by atoms with Crippen LogP contribution in [0.2, 0.25) is 0 Å². The van der Waals surface area contributed by atoms with Gasteiger partial charge >= 0.3 is 11.9 Å². The van der Waals surface area contributed by atoms with E-state index in [0.29, 0.717) is 70.2 Å². The number of phenolic OH excluding ortho intramolecular Hbond substituents is 2. The number of esters is 2. The summed E-state index contributed by atoms with van der Waals surface area (Å²) < 4.78 is 35.9. The third-order valence-electron chi connectivity index (χ3n) is 12.3. The number of nitrogens with one attached hydrogen (secondary N) is 1. The largest absolute Gasteiger partial charge is 0.504 e. The van der Waals surface area contributed by atoms with Crippen molar-refractivity contribution < 1.29 is 53.3 Å². The zero-order chi connectivity index (χ0) is 38.0. The molecule has 4 N–H and O–H groups in total. The Bertz CT molecular complexity index is 2130. The lowest BCUT2D eigenvalue weighted by molar-refractivity contribution is -0.186. The summed E-state index contributed by atoms with van der Waals surface area (Å²) >= 11 is 1.47. The van der Waals surface area contributed by atoms with Gasteiger partial charge < -0.3 is 43.7 Å². The first-order chi connectivity index (χ1) is 25.9. The summed E-state index contributed by atoms with van der Waals surface area (Å²) in [5, 5.41) is 38.2. The van der Waals surface area contributed by atoms with E-state index in [1.165, 1.54) is 32.9 Å². The van der Waals surface area contributed by atoms with Crippen molar-refractivity contribution in [3.05, 3.63) is 62.7 Å². The number of likely N-dealkylation sites (N-methyl/N-ethyl adjacent to an activating group) is 1. The van der Waals surface area contributed by atoms with Crippen LogP contribution in [0, 0.1) is 13.8 Å². The van der Waals surface area contributed by atoms with Crippen LogP contribution in [0.5, 0.6) is 40.2 Å².